The van der Waals surface area contributed by atoms with Crippen LogP contribution in [0.25, 0.3) is 0 Å². The Labute approximate surface area is 129 Å². The zero-order valence-corrected chi connectivity index (χ0v) is 13.9. The Morgan fingerprint density at radius 2 is 1.95 bits per heavy atom. The van der Waals surface area contributed by atoms with Crippen LogP contribution >= 0.6 is 0 Å². The molecule has 0 aromatic heterocycles. The average Bonchev–Trinajstić information content (AvgIpc) is 2.47. The molecule has 0 radical (unpaired) electrons. The molecule has 2 aliphatic carbocycles. The van der Waals surface area contributed by atoms with E-state index in [1.807, 2.05) is 6.92 Å². The molecule has 2 rings (SSSR count). The van der Waals surface area contributed by atoms with Crippen LogP contribution in [0.15, 0.2) is 0 Å². The summed E-state index contributed by atoms with van der Waals surface area (Å²) in [5.74, 6) is 0.176. The van der Waals surface area contributed by atoms with Crippen molar-refractivity contribution in [1.82, 2.24) is 5.32 Å². The summed E-state index contributed by atoms with van der Waals surface area (Å²) in [4.78, 5) is 12.4. The number of carbonyl (C=O) groups is 1. The maximum atomic E-state index is 12.4. The van der Waals surface area contributed by atoms with Crippen molar-refractivity contribution in [1.29, 1.82) is 0 Å². The molecular formula is C17H32N2O2. The molecule has 3 N–H and O–H groups in total. The molecule has 0 aliphatic heterocycles. The van der Waals surface area contributed by atoms with Crippen LogP contribution in [-0.2, 0) is 9.53 Å². The van der Waals surface area contributed by atoms with Crippen molar-refractivity contribution >= 4 is 5.91 Å². The van der Waals surface area contributed by atoms with Gasteiger partial charge in [0.1, 0.15) is 0 Å². The molecule has 122 valence electrons. The van der Waals surface area contributed by atoms with Crippen molar-refractivity contribution in [2.24, 2.45) is 16.6 Å². The van der Waals surface area contributed by atoms with E-state index in [9.17, 15) is 4.79 Å². The van der Waals surface area contributed by atoms with E-state index < -0.39 is 0 Å². The Morgan fingerprint density at radius 3 is 2.48 bits per heavy atom. The lowest BCUT2D eigenvalue weighted by Crippen LogP contribution is -2.62. The van der Waals surface area contributed by atoms with E-state index in [1.165, 1.54) is 19.3 Å². The van der Waals surface area contributed by atoms with Crippen molar-refractivity contribution in [3.63, 3.8) is 0 Å². The molecular weight excluding hydrogens is 264 g/mol. The van der Waals surface area contributed by atoms with E-state index >= 15 is 0 Å². The Bertz CT molecular complexity index is 362. The van der Waals surface area contributed by atoms with Crippen LogP contribution in [-0.4, -0.2) is 31.2 Å². The van der Waals surface area contributed by atoms with Crippen LogP contribution in [0.2, 0.25) is 0 Å². The average molecular weight is 296 g/mol. The number of hydrogen-bond donors (Lipinski definition) is 2. The maximum absolute atomic E-state index is 12.4. The summed E-state index contributed by atoms with van der Waals surface area (Å²) >= 11 is 0. The van der Waals surface area contributed by atoms with Gasteiger partial charge in [-0.15, -0.1) is 0 Å². The second-order valence-electron chi connectivity index (χ2n) is 7.56. The van der Waals surface area contributed by atoms with Crippen molar-refractivity contribution < 1.29 is 9.53 Å². The normalized spacial score (nSPS) is 30.5. The second kappa shape index (κ2) is 6.66. The van der Waals surface area contributed by atoms with Crippen LogP contribution in [0.3, 0.4) is 0 Å². The predicted octanol–water partition coefficient (Wildman–Crippen LogP) is 2.61. The van der Waals surface area contributed by atoms with Gasteiger partial charge < -0.3 is 15.8 Å². The summed E-state index contributed by atoms with van der Waals surface area (Å²) in [7, 11) is 0. The van der Waals surface area contributed by atoms with Gasteiger partial charge in [-0.05, 0) is 38.1 Å². The molecule has 2 atom stereocenters. The van der Waals surface area contributed by atoms with E-state index in [-0.39, 0.29) is 28.9 Å². The molecule has 2 aliphatic rings. The molecule has 4 heteroatoms. The Morgan fingerprint density at radius 1 is 1.29 bits per heavy atom. The minimum atomic E-state index is 0.0358. The van der Waals surface area contributed by atoms with Crippen molar-refractivity contribution in [3.8, 4) is 0 Å². The van der Waals surface area contributed by atoms with E-state index in [4.69, 9.17) is 10.5 Å². The number of nitrogens with one attached hydrogen (secondary N) is 1. The van der Waals surface area contributed by atoms with Crippen LogP contribution in [0.1, 0.15) is 65.7 Å². The van der Waals surface area contributed by atoms with Crippen LogP contribution in [0.5, 0.6) is 0 Å². The van der Waals surface area contributed by atoms with E-state index in [0.717, 1.165) is 25.9 Å². The molecule has 0 spiro atoms. The highest BCUT2D eigenvalue weighted by atomic mass is 16.5. The van der Waals surface area contributed by atoms with E-state index in [1.54, 1.807) is 0 Å². The zero-order valence-electron chi connectivity index (χ0n) is 13.9. The van der Waals surface area contributed by atoms with Crippen molar-refractivity contribution in [2.75, 3.05) is 13.2 Å². The highest BCUT2D eigenvalue weighted by Gasteiger charge is 2.49. The molecule has 0 heterocycles. The Balaban J connectivity index is 1.85. The van der Waals surface area contributed by atoms with E-state index in [0.29, 0.717) is 13.0 Å². The maximum Gasteiger partial charge on any atom is 0.220 e. The predicted molar refractivity (Wildman–Crippen MR) is 84.9 cm³/mol. The van der Waals surface area contributed by atoms with Gasteiger partial charge in [-0.1, -0.05) is 33.1 Å². The first-order valence-corrected chi connectivity index (χ1v) is 8.54. The minimum absolute atomic E-state index is 0.0358. The lowest BCUT2D eigenvalue weighted by atomic mass is 9.64. The highest BCUT2D eigenvalue weighted by Crippen LogP contribution is 2.43. The summed E-state index contributed by atoms with van der Waals surface area (Å²) in [6.45, 7) is 7.76. The summed E-state index contributed by atoms with van der Waals surface area (Å²) in [6, 6.07) is 0.236. The smallest absolute Gasteiger partial charge is 0.220 e. The summed E-state index contributed by atoms with van der Waals surface area (Å²) in [5, 5.41) is 3.23. The molecule has 0 aromatic rings. The zero-order chi connectivity index (χ0) is 15.5. The van der Waals surface area contributed by atoms with Gasteiger partial charge in [0.05, 0.1) is 6.10 Å². The van der Waals surface area contributed by atoms with E-state index in [2.05, 4.69) is 19.2 Å². The fourth-order valence-corrected chi connectivity index (χ4v) is 3.96. The van der Waals surface area contributed by atoms with Gasteiger partial charge in [0, 0.05) is 24.5 Å². The molecule has 4 nitrogen and oxygen atoms in total. The first-order chi connectivity index (χ1) is 9.93. The SMILES string of the molecule is CCOC1CC(NC(=O)CC2(CN)CCCCC2)C1(C)C. The highest BCUT2D eigenvalue weighted by molar-refractivity contribution is 5.77. The van der Waals surface area contributed by atoms with Gasteiger partial charge in [-0.25, -0.2) is 0 Å². The Hall–Kier alpha value is -0.610. The number of carbonyl (C=O) groups excluding carboxylic acids is 1. The third-order valence-electron chi connectivity index (χ3n) is 5.76. The number of hydrogen-bond acceptors (Lipinski definition) is 3. The van der Waals surface area contributed by atoms with Gasteiger partial charge in [-0.2, -0.15) is 0 Å². The second-order valence-corrected chi connectivity index (χ2v) is 7.56. The molecule has 21 heavy (non-hydrogen) atoms. The number of rotatable bonds is 6. The molecule has 1 amide bonds. The van der Waals surface area contributed by atoms with Gasteiger partial charge in [-0.3, -0.25) is 4.79 Å². The first-order valence-electron chi connectivity index (χ1n) is 8.54. The lowest BCUT2D eigenvalue weighted by molar-refractivity contribution is -0.138. The van der Waals surface area contributed by atoms with Gasteiger partial charge in [0.15, 0.2) is 0 Å². The third-order valence-corrected chi connectivity index (χ3v) is 5.76. The standard InChI is InChI=1S/C17H32N2O2/c1-4-21-14-10-13(16(14,2)3)19-15(20)11-17(12-18)8-6-5-7-9-17/h13-14H,4-12,18H2,1-3H3,(H,19,20). The molecule has 2 unspecified atom stereocenters. The van der Waals surface area contributed by atoms with Gasteiger partial charge in [0.25, 0.3) is 0 Å². The summed E-state index contributed by atoms with van der Waals surface area (Å²) in [6.07, 6.45) is 7.72. The van der Waals surface area contributed by atoms with Crippen LogP contribution in [0, 0.1) is 10.8 Å². The molecule has 0 saturated heterocycles. The van der Waals surface area contributed by atoms with Gasteiger partial charge >= 0.3 is 0 Å². The minimum Gasteiger partial charge on any atom is -0.378 e. The molecule has 2 saturated carbocycles. The van der Waals surface area contributed by atoms with Crippen molar-refractivity contribution in [2.45, 2.75) is 77.9 Å². The summed E-state index contributed by atoms with van der Waals surface area (Å²) < 4.78 is 5.72. The van der Waals surface area contributed by atoms with Crippen LogP contribution < -0.4 is 11.1 Å². The number of amides is 1. The third kappa shape index (κ3) is 3.59. The fourth-order valence-electron chi connectivity index (χ4n) is 3.96. The topological polar surface area (TPSA) is 64.3 Å². The van der Waals surface area contributed by atoms with Crippen molar-refractivity contribution in [3.05, 3.63) is 0 Å². The fraction of sp³-hybridized carbons (Fsp3) is 0.941. The molecule has 2 fully saturated rings. The largest absolute Gasteiger partial charge is 0.378 e. The first kappa shape index (κ1) is 16.8. The Kier molecular flexibility index (Phi) is 5.31. The lowest BCUT2D eigenvalue weighted by Gasteiger charge is -2.52. The summed E-state index contributed by atoms with van der Waals surface area (Å²) in [5.41, 5.74) is 6.07. The van der Waals surface area contributed by atoms with Crippen LogP contribution in [0.4, 0.5) is 0 Å². The molecule has 0 aromatic carbocycles. The molecule has 0 bridgehead atoms. The quantitative estimate of drug-likeness (QED) is 0.792. The monoisotopic (exact) mass is 296 g/mol. The van der Waals surface area contributed by atoms with Gasteiger partial charge in [0.2, 0.25) is 5.91 Å². The number of ether oxygens (including phenoxy) is 1. The number of nitrogens with two attached hydrogens (primary N) is 1.